The molecule has 1 amide bonds. The summed E-state index contributed by atoms with van der Waals surface area (Å²) in [5, 5.41) is 4.26. The van der Waals surface area contributed by atoms with Crippen molar-refractivity contribution in [1.82, 2.24) is 14.9 Å². The molecule has 0 bridgehead atoms. The molecule has 1 heterocycles. The molecule has 4 aromatic rings. The van der Waals surface area contributed by atoms with Crippen molar-refractivity contribution in [3.05, 3.63) is 105 Å². The molecule has 180 valence electrons. The standard InChI is InChI=1S/C29H31N3O2S/c1-20(2)16-17-30-27(33)24-14-12-22(13-15-24)18-32-28(34)25-6-4-5-7-26(25)31-29(32)35-19-23-10-8-21(3)9-11-23/h4-15,20H,16-19H2,1-3H3,(H,30,33). The minimum atomic E-state index is -0.0731. The van der Waals surface area contributed by atoms with Crippen LogP contribution in [-0.2, 0) is 12.3 Å². The van der Waals surface area contributed by atoms with Crippen molar-refractivity contribution < 1.29 is 4.79 Å². The Morgan fingerprint density at radius 2 is 1.66 bits per heavy atom. The molecule has 0 atom stereocenters. The van der Waals surface area contributed by atoms with Gasteiger partial charge in [-0.3, -0.25) is 14.2 Å². The molecule has 1 N–H and O–H groups in total. The Labute approximate surface area is 210 Å². The molecule has 0 aliphatic carbocycles. The Bertz CT molecular complexity index is 1360. The number of carbonyl (C=O) groups excluding carboxylic acids is 1. The number of fused-ring (bicyclic) bond motifs is 1. The summed E-state index contributed by atoms with van der Waals surface area (Å²) < 4.78 is 1.74. The average molecular weight is 486 g/mol. The van der Waals surface area contributed by atoms with E-state index in [1.54, 1.807) is 16.3 Å². The van der Waals surface area contributed by atoms with E-state index in [-0.39, 0.29) is 11.5 Å². The van der Waals surface area contributed by atoms with Gasteiger partial charge in [0.15, 0.2) is 5.16 Å². The van der Waals surface area contributed by atoms with Crippen LogP contribution in [0.15, 0.2) is 82.7 Å². The Kier molecular flexibility index (Phi) is 8.03. The molecule has 0 aliphatic heterocycles. The van der Waals surface area contributed by atoms with Crippen molar-refractivity contribution in [3.8, 4) is 0 Å². The molecule has 4 rings (SSSR count). The first-order valence-corrected chi connectivity index (χ1v) is 12.9. The molecule has 0 fully saturated rings. The summed E-state index contributed by atoms with van der Waals surface area (Å²) in [6, 6.07) is 23.3. The van der Waals surface area contributed by atoms with E-state index in [2.05, 4.69) is 50.4 Å². The van der Waals surface area contributed by atoms with Crippen LogP contribution in [0.1, 0.15) is 47.3 Å². The number of aromatic nitrogens is 2. The van der Waals surface area contributed by atoms with Crippen molar-refractivity contribution in [3.63, 3.8) is 0 Å². The van der Waals surface area contributed by atoms with Crippen molar-refractivity contribution in [2.24, 2.45) is 5.92 Å². The van der Waals surface area contributed by atoms with Gasteiger partial charge >= 0.3 is 0 Å². The zero-order chi connectivity index (χ0) is 24.8. The number of benzene rings is 3. The van der Waals surface area contributed by atoms with E-state index in [0.717, 1.165) is 17.7 Å². The predicted molar refractivity (Wildman–Crippen MR) is 144 cm³/mol. The van der Waals surface area contributed by atoms with Gasteiger partial charge in [-0.15, -0.1) is 0 Å². The molecule has 5 nitrogen and oxygen atoms in total. The molecule has 3 aromatic carbocycles. The van der Waals surface area contributed by atoms with Crippen LogP contribution >= 0.6 is 11.8 Å². The first-order valence-electron chi connectivity index (χ1n) is 12.0. The lowest BCUT2D eigenvalue weighted by molar-refractivity contribution is 0.0952. The summed E-state index contributed by atoms with van der Waals surface area (Å²) in [4.78, 5) is 30.6. The van der Waals surface area contributed by atoms with Crippen LogP contribution in [0, 0.1) is 12.8 Å². The Balaban J connectivity index is 1.57. The third-order valence-corrected chi connectivity index (χ3v) is 6.93. The third-order valence-electron chi connectivity index (χ3n) is 5.88. The number of nitrogens with one attached hydrogen (secondary N) is 1. The van der Waals surface area contributed by atoms with Crippen molar-refractivity contribution >= 4 is 28.6 Å². The summed E-state index contributed by atoms with van der Waals surface area (Å²) in [7, 11) is 0. The number of hydrogen-bond donors (Lipinski definition) is 1. The number of aryl methyl sites for hydroxylation is 1. The van der Waals surface area contributed by atoms with E-state index in [1.165, 1.54) is 11.1 Å². The number of carbonyl (C=O) groups is 1. The Morgan fingerprint density at radius 1 is 0.971 bits per heavy atom. The van der Waals surface area contributed by atoms with Crippen LogP contribution in [-0.4, -0.2) is 22.0 Å². The highest BCUT2D eigenvalue weighted by molar-refractivity contribution is 7.98. The van der Waals surface area contributed by atoms with Gasteiger partial charge < -0.3 is 5.32 Å². The minimum Gasteiger partial charge on any atom is -0.352 e. The highest BCUT2D eigenvalue weighted by Gasteiger charge is 2.13. The van der Waals surface area contributed by atoms with Crippen LogP contribution in [0.4, 0.5) is 0 Å². The second kappa shape index (κ2) is 11.4. The Hall–Kier alpha value is -3.38. The van der Waals surface area contributed by atoms with Gasteiger partial charge in [-0.1, -0.05) is 79.7 Å². The maximum atomic E-state index is 13.4. The lowest BCUT2D eigenvalue weighted by Crippen LogP contribution is -2.25. The molecule has 0 saturated heterocycles. The Morgan fingerprint density at radius 3 is 2.37 bits per heavy atom. The molecular weight excluding hydrogens is 454 g/mol. The molecule has 0 saturated carbocycles. The second-order valence-electron chi connectivity index (χ2n) is 9.21. The van der Waals surface area contributed by atoms with E-state index < -0.39 is 0 Å². The largest absolute Gasteiger partial charge is 0.352 e. The highest BCUT2D eigenvalue weighted by Crippen LogP contribution is 2.23. The summed E-state index contributed by atoms with van der Waals surface area (Å²) >= 11 is 1.56. The van der Waals surface area contributed by atoms with E-state index in [4.69, 9.17) is 4.98 Å². The normalized spacial score (nSPS) is 11.2. The number of amides is 1. The summed E-state index contributed by atoms with van der Waals surface area (Å²) in [5.74, 6) is 1.20. The van der Waals surface area contributed by atoms with Crippen LogP contribution < -0.4 is 10.9 Å². The monoisotopic (exact) mass is 485 g/mol. The summed E-state index contributed by atoms with van der Waals surface area (Å²) in [6.45, 7) is 7.40. The van der Waals surface area contributed by atoms with Crippen LogP contribution in [0.2, 0.25) is 0 Å². The van der Waals surface area contributed by atoms with E-state index >= 15 is 0 Å². The number of nitrogens with zero attached hydrogens (tertiary/aromatic N) is 2. The smallest absolute Gasteiger partial charge is 0.262 e. The van der Waals surface area contributed by atoms with E-state index in [0.29, 0.717) is 40.6 Å². The molecule has 0 aliphatic rings. The van der Waals surface area contributed by atoms with Crippen molar-refractivity contribution in [2.75, 3.05) is 6.54 Å². The molecular formula is C29H31N3O2S. The first kappa shape index (κ1) is 24.7. The molecule has 0 radical (unpaired) electrons. The van der Waals surface area contributed by atoms with Crippen molar-refractivity contribution in [1.29, 1.82) is 0 Å². The van der Waals surface area contributed by atoms with Gasteiger partial charge in [0.05, 0.1) is 17.4 Å². The minimum absolute atomic E-state index is 0.0579. The number of para-hydroxylation sites is 1. The van der Waals surface area contributed by atoms with Gasteiger partial charge in [0.2, 0.25) is 0 Å². The van der Waals surface area contributed by atoms with E-state index in [1.807, 2.05) is 48.5 Å². The van der Waals surface area contributed by atoms with Gasteiger partial charge in [-0.05, 0) is 54.7 Å². The van der Waals surface area contributed by atoms with E-state index in [9.17, 15) is 9.59 Å². The predicted octanol–water partition coefficient (Wildman–Crippen LogP) is 5.82. The maximum absolute atomic E-state index is 13.4. The fourth-order valence-electron chi connectivity index (χ4n) is 3.75. The van der Waals surface area contributed by atoms with Crippen LogP contribution in [0.3, 0.4) is 0 Å². The maximum Gasteiger partial charge on any atom is 0.262 e. The number of hydrogen-bond acceptors (Lipinski definition) is 4. The molecule has 35 heavy (non-hydrogen) atoms. The topological polar surface area (TPSA) is 64.0 Å². The first-order chi connectivity index (χ1) is 16.9. The van der Waals surface area contributed by atoms with Gasteiger partial charge in [0.25, 0.3) is 11.5 Å². The highest BCUT2D eigenvalue weighted by atomic mass is 32.2. The molecule has 1 aromatic heterocycles. The lowest BCUT2D eigenvalue weighted by Gasteiger charge is -2.14. The SMILES string of the molecule is Cc1ccc(CSc2nc3ccccc3c(=O)n2Cc2ccc(C(=O)NCCC(C)C)cc2)cc1. The summed E-state index contributed by atoms with van der Waals surface area (Å²) in [5.41, 5.74) is 4.61. The molecule has 0 unspecified atom stereocenters. The van der Waals surface area contributed by atoms with Crippen LogP contribution in [0.5, 0.6) is 0 Å². The zero-order valence-electron chi connectivity index (χ0n) is 20.5. The number of rotatable bonds is 9. The fourth-order valence-corrected chi connectivity index (χ4v) is 4.70. The molecule has 6 heteroatoms. The van der Waals surface area contributed by atoms with Gasteiger partial charge in [0, 0.05) is 17.9 Å². The van der Waals surface area contributed by atoms with Crippen molar-refractivity contribution in [2.45, 2.75) is 44.6 Å². The van der Waals surface area contributed by atoms with Gasteiger partial charge in [-0.25, -0.2) is 4.98 Å². The average Bonchev–Trinajstić information content (AvgIpc) is 2.86. The lowest BCUT2D eigenvalue weighted by atomic mass is 10.1. The zero-order valence-corrected chi connectivity index (χ0v) is 21.3. The summed E-state index contributed by atoms with van der Waals surface area (Å²) in [6.07, 6.45) is 0.949. The quantitative estimate of drug-likeness (QED) is 0.240. The van der Waals surface area contributed by atoms with Gasteiger partial charge in [-0.2, -0.15) is 0 Å². The third kappa shape index (κ3) is 6.40. The fraction of sp³-hybridized carbons (Fsp3) is 0.276. The number of thioether (sulfide) groups is 1. The second-order valence-corrected chi connectivity index (χ2v) is 10.2. The molecule has 0 spiro atoms. The van der Waals surface area contributed by atoms with Gasteiger partial charge in [0.1, 0.15) is 0 Å². The van der Waals surface area contributed by atoms with Crippen LogP contribution in [0.25, 0.3) is 10.9 Å².